The number of hydrogen-bond donors (Lipinski definition) is 2. The Labute approximate surface area is 192 Å². The lowest BCUT2D eigenvalue weighted by molar-refractivity contribution is 0.102. The quantitative estimate of drug-likeness (QED) is 0.620. The van der Waals surface area contributed by atoms with Crippen molar-refractivity contribution in [1.82, 2.24) is 9.97 Å². The number of aryl methyl sites for hydroxylation is 1. The second-order valence-corrected chi connectivity index (χ2v) is 9.38. The van der Waals surface area contributed by atoms with Gasteiger partial charge in [0.2, 0.25) is 5.88 Å². The fourth-order valence-electron chi connectivity index (χ4n) is 4.15. The molecule has 4 rings (SSSR count). The van der Waals surface area contributed by atoms with Gasteiger partial charge in [0.1, 0.15) is 11.5 Å². The highest BCUT2D eigenvalue weighted by Gasteiger charge is 2.71. The first-order valence-corrected chi connectivity index (χ1v) is 10.8. The molecule has 0 saturated heterocycles. The largest absolute Gasteiger partial charge is 0.463 e. The number of anilines is 1. The van der Waals surface area contributed by atoms with Crippen LogP contribution in [0.5, 0.6) is 5.88 Å². The van der Waals surface area contributed by atoms with E-state index < -0.39 is 34.4 Å². The van der Waals surface area contributed by atoms with Crippen LogP contribution in [0.15, 0.2) is 29.4 Å². The zero-order chi connectivity index (χ0) is 24.0. The Morgan fingerprint density at radius 1 is 1.48 bits per heavy atom. The van der Waals surface area contributed by atoms with E-state index in [1.165, 1.54) is 18.3 Å². The fourth-order valence-corrected chi connectivity index (χ4v) is 5.49. The molecule has 2 aromatic rings. The number of carbonyl (C=O) groups is 1. The van der Waals surface area contributed by atoms with Crippen molar-refractivity contribution >= 4 is 28.5 Å². The maximum absolute atomic E-state index is 14.8. The molecule has 3 atom stereocenters. The molecule has 0 spiro atoms. The van der Waals surface area contributed by atoms with Gasteiger partial charge in [-0.05, 0) is 38.5 Å². The van der Waals surface area contributed by atoms with Gasteiger partial charge in [0.15, 0.2) is 11.8 Å². The van der Waals surface area contributed by atoms with Crippen LogP contribution >= 0.6 is 11.8 Å². The minimum absolute atomic E-state index is 0.0100. The molecule has 2 heterocycles. The molecule has 33 heavy (non-hydrogen) atoms. The van der Waals surface area contributed by atoms with E-state index in [2.05, 4.69) is 26.2 Å². The number of ether oxygens (including phenoxy) is 1. The van der Waals surface area contributed by atoms with E-state index in [0.717, 1.165) is 17.8 Å². The second kappa shape index (κ2) is 8.26. The standard InChI is InChI=1S/C22H20F3N5O2S/c1-4-7-32-16-10-27-17(11(2)28-16)18(31)29-12-5-6-14(23)13(8-12)21(3)15-9-22(15,19(24)25)33-20(26)30-21/h1,5-6,8,10,15,19H,7,9H2,2-3H3,(H2,26,30)(H,29,31)/t15-,21-,22-/m0/s1. The van der Waals surface area contributed by atoms with Crippen molar-refractivity contribution in [1.29, 1.82) is 0 Å². The average molecular weight is 475 g/mol. The van der Waals surface area contributed by atoms with E-state index in [9.17, 15) is 18.0 Å². The summed E-state index contributed by atoms with van der Waals surface area (Å²) in [6.07, 6.45) is 3.94. The molecule has 1 aliphatic carbocycles. The molecular weight excluding hydrogens is 455 g/mol. The van der Waals surface area contributed by atoms with Crippen molar-refractivity contribution in [3.05, 3.63) is 47.2 Å². The zero-order valence-electron chi connectivity index (χ0n) is 17.7. The van der Waals surface area contributed by atoms with E-state index in [-0.39, 0.29) is 41.0 Å². The van der Waals surface area contributed by atoms with E-state index in [4.69, 9.17) is 16.9 Å². The van der Waals surface area contributed by atoms with Crippen LogP contribution in [0.25, 0.3) is 0 Å². The van der Waals surface area contributed by atoms with E-state index >= 15 is 0 Å². The number of alkyl halides is 2. The first-order valence-electron chi connectivity index (χ1n) is 9.94. The molecule has 2 aliphatic rings. The van der Waals surface area contributed by atoms with E-state index in [1.807, 2.05) is 0 Å². The highest BCUT2D eigenvalue weighted by atomic mass is 32.2. The van der Waals surface area contributed by atoms with Gasteiger partial charge >= 0.3 is 0 Å². The number of nitrogens with two attached hydrogens (primary N) is 1. The van der Waals surface area contributed by atoms with Gasteiger partial charge in [-0.1, -0.05) is 17.7 Å². The molecule has 1 aromatic heterocycles. The van der Waals surface area contributed by atoms with Crippen LogP contribution in [0.4, 0.5) is 18.9 Å². The lowest BCUT2D eigenvalue weighted by Gasteiger charge is -2.34. The molecule has 1 fully saturated rings. The number of nitrogens with one attached hydrogen (secondary N) is 1. The lowest BCUT2D eigenvalue weighted by atomic mass is 9.85. The van der Waals surface area contributed by atoms with Crippen LogP contribution in [0.1, 0.15) is 35.1 Å². The Morgan fingerprint density at radius 2 is 2.24 bits per heavy atom. The number of thioether (sulfide) groups is 1. The number of rotatable bonds is 6. The maximum atomic E-state index is 14.8. The number of nitrogens with zero attached hydrogens (tertiary/aromatic N) is 3. The van der Waals surface area contributed by atoms with E-state index in [1.54, 1.807) is 13.8 Å². The highest BCUT2D eigenvalue weighted by molar-refractivity contribution is 8.15. The molecule has 3 N–H and O–H groups in total. The van der Waals surface area contributed by atoms with Crippen molar-refractivity contribution in [2.75, 3.05) is 11.9 Å². The summed E-state index contributed by atoms with van der Waals surface area (Å²) >= 11 is 0.843. The summed E-state index contributed by atoms with van der Waals surface area (Å²) in [5.74, 6) is 0.682. The summed E-state index contributed by atoms with van der Waals surface area (Å²) in [7, 11) is 0. The summed E-state index contributed by atoms with van der Waals surface area (Å²) in [5.41, 5.74) is 5.23. The SMILES string of the molecule is C#CCOc1cnc(C(=O)Nc2ccc(F)c([C@]3(C)N=C(N)S[C@@]4(C(F)F)C[C@@H]34)c2)c(C)n1. The van der Waals surface area contributed by atoms with Gasteiger partial charge in [0.05, 0.1) is 22.2 Å². The number of benzene rings is 1. The van der Waals surface area contributed by atoms with Crippen molar-refractivity contribution in [3.8, 4) is 18.2 Å². The number of halogens is 3. The van der Waals surface area contributed by atoms with E-state index in [0.29, 0.717) is 5.69 Å². The average Bonchev–Trinajstić information content (AvgIpc) is 3.50. The molecular formula is C22H20F3N5O2S. The number of hydrogen-bond acceptors (Lipinski definition) is 7. The molecule has 1 aliphatic heterocycles. The Morgan fingerprint density at radius 3 is 2.91 bits per heavy atom. The number of amides is 1. The lowest BCUT2D eigenvalue weighted by Crippen LogP contribution is -2.38. The predicted molar refractivity (Wildman–Crippen MR) is 119 cm³/mol. The smallest absolute Gasteiger partial charge is 0.276 e. The minimum atomic E-state index is -2.62. The number of carbonyl (C=O) groups excluding carboxylic acids is 1. The van der Waals surface area contributed by atoms with Gasteiger partial charge in [-0.15, -0.1) is 6.42 Å². The van der Waals surface area contributed by atoms with Gasteiger partial charge in [-0.3, -0.25) is 9.79 Å². The van der Waals surface area contributed by atoms with Gasteiger partial charge in [-0.2, -0.15) is 0 Å². The van der Waals surface area contributed by atoms with Crippen molar-refractivity contribution in [2.24, 2.45) is 16.6 Å². The van der Waals surface area contributed by atoms with Gasteiger partial charge in [0.25, 0.3) is 12.3 Å². The van der Waals surface area contributed by atoms with Crippen LogP contribution in [0.3, 0.4) is 0 Å². The fraction of sp³-hybridized carbons (Fsp3) is 0.364. The summed E-state index contributed by atoms with van der Waals surface area (Å²) in [6, 6.07) is 3.91. The number of terminal acetylenes is 1. The third kappa shape index (κ3) is 3.99. The monoisotopic (exact) mass is 475 g/mol. The van der Waals surface area contributed by atoms with Gasteiger partial charge in [0, 0.05) is 17.2 Å². The van der Waals surface area contributed by atoms with Crippen molar-refractivity contribution < 1.29 is 22.7 Å². The summed E-state index contributed by atoms with van der Waals surface area (Å²) in [4.78, 5) is 25.3. The predicted octanol–water partition coefficient (Wildman–Crippen LogP) is 3.49. The molecule has 11 heteroatoms. The number of aliphatic imine (C=N–C) groups is 1. The number of aromatic nitrogens is 2. The minimum Gasteiger partial charge on any atom is -0.463 e. The molecule has 0 unspecified atom stereocenters. The van der Waals surface area contributed by atoms with Gasteiger partial charge < -0.3 is 15.8 Å². The van der Waals surface area contributed by atoms with Crippen molar-refractivity contribution in [3.63, 3.8) is 0 Å². The zero-order valence-corrected chi connectivity index (χ0v) is 18.5. The third-order valence-corrected chi connectivity index (χ3v) is 7.16. The molecule has 0 radical (unpaired) electrons. The molecule has 7 nitrogen and oxygen atoms in total. The summed E-state index contributed by atoms with van der Waals surface area (Å²) < 4.78 is 46.1. The Balaban J connectivity index is 1.61. The normalized spacial score (nSPS) is 25.6. The summed E-state index contributed by atoms with van der Waals surface area (Å²) in [6.45, 7) is 3.18. The molecule has 172 valence electrons. The maximum Gasteiger partial charge on any atom is 0.276 e. The van der Waals surface area contributed by atoms with Crippen LogP contribution in [0, 0.1) is 31.0 Å². The van der Waals surface area contributed by atoms with Gasteiger partial charge in [-0.25, -0.2) is 23.1 Å². The van der Waals surface area contributed by atoms with Crippen LogP contribution in [-0.4, -0.2) is 38.8 Å². The third-order valence-electron chi connectivity index (χ3n) is 5.85. The molecule has 1 aromatic carbocycles. The van der Waals surface area contributed by atoms with Crippen LogP contribution in [0.2, 0.25) is 0 Å². The van der Waals surface area contributed by atoms with Crippen LogP contribution < -0.4 is 15.8 Å². The number of fused-ring (bicyclic) bond motifs is 1. The molecule has 0 bridgehead atoms. The topological polar surface area (TPSA) is 102 Å². The molecule has 1 amide bonds. The first-order chi connectivity index (χ1) is 15.6. The Kier molecular flexibility index (Phi) is 5.74. The van der Waals surface area contributed by atoms with Crippen molar-refractivity contribution in [2.45, 2.75) is 37.0 Å². The number of amidine groups is 1. The Bertz CT molecular complexity index is 1200. The Hall–Kier alpha value is -3.26. The summed E-state index contributed by atoms with van der Waals surface area (Å²) in [5, 5.41) is 2.63. The van der Waals surface area contributed by atoms with Crippen LogP contribution in [-0.2, 0) is 5.54 Å². The second-order valence-electron chi connectivity index (χ2n) is 8.00. The highest BCUT2D eigenvalue weighted by Crippen LogP contribution is 2.68. The first kappa shape index (κ1) is 22.9. The molecule has 1 saturated carbocycles.